The maximum absolute atomic E-state index is 7.06. The number of nitrogens with zero attached hydrogens (tertiary/aromatic N) is 4. The van der Waals surface area contributed by atoms with E-state index in [1.54, 1.807) is 0 Å². The second-order valence-corrected chi connectivity index (χ2v) is 14.2. The third-order valence-corrected chi connectivity index (χ3v) is 10.5. The number of hydrogen-bond acceptors (Lipinski definition) is 4. The van der Waals surface area contributed by atoms with Crippen LogP contribution in [-0.2, 0) is 0 Å². The van der Waals surface area contributed by atoms with E-state index in [0.717, 1.165) is 32.9 Å². The number of fused-ring (bicyclic) bond motifs is 2. The van der Waals surface area contributed by atoms with E-state index < -0.39 is 6.69 Å². The van der Waals surface area contributed by atoms with Crippen molar-refractivity contribution in [2.75, 3.05) is 4.90 Å². The summed E-state index contributed by atoms with van der Waals surface area (Å²) in [5.41, 5.74) is 3.62. The van der Waals surface area contributed by atoms with Crippen molar-refractivity contribution in [2.45, 2.75) is 0 Å². The Balaban J connectivity index is 1.64. The molecule has 0 atom stereocenters. The molecule has 0 unspecified atom stereocenters. The van der Waals surface area contributed by atoms with Gasteiger partial charge in [0.25, 0.3) is 0 Å². The van der Waals surface area contributed by atoms with Crippen LogP contribution in [0.25, 0.3) is 22.8 Å². The van der Waals surface area contributed by atoms with Crippen molar-refractivity contribution in [3.05, 3.63) is 109 Å². The molecule has 1 aliphatic heterocycles. The molecule has 0 aliphatic carbocycles. The highest BCUT2D eigenvalue weighted by Gasteiger charge is 2.44. The highest BCUT2D eigenvalue weighted by molar-refractivity contribution is 7.57. The lowest BCUT2D eigenvalue weighted by Crippen LogP contribution is -2.55. The Morgan fingerprint density at radius 3 is 1.38 bits per heavy atom. The van der Waals surface area contributed by atoms with Gasteiger partial charge in [0.05, 0.1) is 11.4 Å². The molecular formula is C27H18Cl2N4Si. The Bertz CT molecular complexity index is 1390. The summed E-state index contributed by atoms with van der Waals surface area (Å²) in [5, 5.41) is 1.83. The summed E-state index contributed by atoms with van der Waals surface area (Å²) in [6.07, 6.45) is 0. The van der Waals surface area contributed by atoms with Crippen molar-refractivity contribution in [1.29, 1.82) is 0 Å². The Morgan fingerprint density at radius 2 is 0.912 bits per heavy atom. The van der Waals surface area contributed by atoms with Crippen LogP contribution in [0.15, 0.2) is 109 Å². The molecule has 0 bridgehead atoms. The van der Waals surface area contributed by atoms with Gasteiger partial charge in [0.1, 0.15) is 0 Å². The van der Waals surface area contributed by atoms with Crippen molar-refractivity contribution in [1.82, 2.24) is 15.0 Å². The molecule has 5 aromatic rings. The first-order valence-electron chi connectivity index (χ1n) is 10.9. The van der Waals surface area contributed by atoms with Gasteiger partial charge in [-0.25, -0.2) is 4.98 Å². The largest absolute Gasteiger partial charge is 0.314 e. The van der Waals surface area contributed by atoms with Gasteiger partial charge >= 0.3 is 6.69 Å². The number of rotatable bonds is 3. The van der Waals surface area contributed by atoms with Crippen LogP contribution in [0.4, 0.5) is 17.3 Å². The molecule has 0 saturated heterocycles. The number of para-hydroxylation sites is 2. The topological polar surface area (TPSA) is 41.9 Å². The SMILES string of the molecule is Cl[Si]1(Cl)c2ccccc2N(c2nc(-c3ccccc3)nc(-c3ccccc3)n2)c2ccccc21. The van der Waals surface area contributed by atoms with E-state index in [4.69, 9.17) is 37.1 Å². The predicted molar refractivity (Wildman–Crippen MR) is 142 cm³/mol. The molecule has 0 amide bonds. The molecule has 0 fully saturated rings. The monoisotopic (exact) mass is 496 g/mol. The summed E-state index contributed by atoms with van der Waals surface area (Å²) in [7, 11) is 0. The molecule has 2 heterocycles. The van der Waals surface area contributed by atoms with Crippen molar-refractivity contribution >= 4 is 56.5 Å². The molecule has 7 heteroatoms. The van der Waals surface area contributed by atoms with Crippen LogP contribution in [0, 0.1) is 0 Å². The number of anilines is 3. The number of halogens is 2. The highest BCUT2D eigenvalue weighted by Crippen LogP contribution is 2.39. The second kappa shape index (κ2) is 8.36. The van der Waals surface area contributed by atoms with E-state index in [-0.39, 0.29) is 0 Å². The van der Waals surface area contributed by atoms with Gasteiger partial charge in [-0.05, 0) is 22.5 Å². The molecule has 4 aromatic carbocycles. The number of benzene rings is 4. The van der Waals surface area contributed by atoms with Gasteiger partial charge in [-0.15, -0.1) is 22.2 Å². The Morgan fingerprint density at radius 1 is 0.500 bits per heavy atom. The minimum Gasteiger partial charge on any atom is -0.279 e. The second-order valence-electron chi connectivity index (χ2n) is 7.96. The van der Waals surface area contributed by atoms with Gasteiger partial charge in [0.15, 0.2) is 11.6 Å². The molecule has 0 N–H and O–H groups in total. The van der Waals surface area contributed by atoms with Gasteiger partial charge in [-0.1, -0.05) is 97.1 Å². The predicted octanol–water partition coefficient (Wildman–Crippen LogP) is 6.02. The van der Waals surface area contributed by atoms with E-state index in [1.807, 2.05) is 114 Å². The van der Waals surface area contributed by atoms with Gasteiger partial charge in [-0.2, -0.15) is 9.97 Å². The molecule has 4 nitrogen and oxygen atoms in total. The van der Waals surface area contributed by atoms with E-state index in [0.29, 0.717) is 17.6 Å². The maximum Gasteiger partial charge on any atom is 0.314 e. The van der Waals surface area contributed by atoms with Crippen molar-refractivity contribution in [2.24, 2.45) is 0 Å². The van der Waals surface area contributed by atoms with Crippen LogP contribution in [0.2, 0.25) is 0 Å². The summed E-state index contributed by atoms with van der Waals surface area (Å²) >= 11 is 14.1. The van der Waals surface area contributed by atoms with Gasteiger partial charge in [-0.3, -0.25) is 4.90 Å². The summed E-state index contributed by atoms with van der Waals surface area (Å²) in [6, 6.07) is 35.8. The lowest BCUT2D eigenvalue weighted by molar-refractivity contribution is 1.02. The molecule has 0 radical (unpaired) electrons. The van der Waals surface area contributed by atoms with Gasteiger partial charge < -0.3 is 0 Å². The molecule has 164 valence electrons. The lowest BCUT2D eigenvalue weighted by atomic mass is 10.2. The van der Waals surface area contributed by atoms with Crippen LogP contribution >= 0.6 is 22.2 Å². The fourth-order valence-electron chi connectivity index (χ4n) is 4.26. The molecule has 1 aliphatic rings. The summed E-state index contributed by atoms with van der Waals surface area (Å²) in [5.74, 6) is 1.72. The first-order chi connectivity index (χ1) is 16.6. The molecular weight excluding hydrogens is 479 g/mol. The van der Waals surface area contributed by atoms with Crippen molar-refractivity contribution < 1.29 is 0 Å². The Labute approximate surface area is 207 Å². The van der Waals surface area contributed by atoms with Crippen molar-refractivity contribution in [3.63, 3.8) is 0 Å². The fourth-order valence-corrected chi connectivity index (χ4v) is 8.11. The highest BCUT2D eigenvalue weighted by atomic mass is 35.7. The van der Waals surface area contributed by atoms with Crippen LogP contribution in [0.3, 0.4) is 0 Å². The average Bonchev–Trinajstić information content (AvgIpc) is 2.90. The molecule has 34 heavy (non-hydrogen) atoms. The zero-order valence-corrected chi connectivity index (χ0v) is 20.4. The standard InChI is InChI=1S/C27H18Cl2N4Si/c28-34(29)23-17-9-7-15-21(23)33(22-16-8-10-18-24(22)34)27-31-25(19-11-3-1-4-12-19)30-26(32-27)20-13-5-2-6-14-20/h1-18H. The summed E-state index contributed by atoms with van der Waals surface area (Å²) < 4.78 is 0. The fraction of sp³-hybridized carbons (Fsp3) is 0. The van der Waals surface area contributed by atoms with Crippen LogP contribution in [0.5, 0.6) is 0 Å². The first kappa shape index (κ1) is 21.0. The minimum absolute atomic E-state index is 0.519. The van der Waals surface area contributed by atoms with E-state index >= 15 is 0 Å². The van der Waals surface area contributed by atoms with E-state index in [9.17, 15) is 0 Å². The zero-order chi connectivity index (χ0) is 23.1. The Kier molecular flexibility index (Phi) is 5.18. The summed E-state index contributed by atoms with van der Waals surface area (Å²) in [6.45, 7) is -2.93. The van der Waals surface area contributed by atoms with E-state index in [2.05, 4.69) is 0 Å². The van der Waals surface area contributed by atoms with Gasteiger partial charge in [0.2, 0.25) is 5.95 Å². The molecule has 1 aromatic heterocycles. The summed E-state index contributed by atoms with van der Waals surface area (Å²) in [4.78, 5) is 16.7. The zero-order valence-electron chi connectivity index (χ0n) is 17.9. The quantitative estimate of drug-likeness (QED) is 0.226. The van der Waals surface area contributed by atoms with Gasteiger partial charge in [0, 0.05) is 11.1 Å². The number of hydrogen-bond donors (Lipinski definition) is 0. The Hall–Kier alpha value is -3.51. The first-order valence-corrected chi connectivity index (χ1v) is 14.9. The number of aromatic nitrogens is 3. The molecule has 6 rings (SSSR count). The smallest absolute Gasteiger partial charge is 0.279 e. The van der Waals surface area contributed by atoms with Crippen molar-refractivity contribution in [3.8, 4) is 22.8 Å². The third-order valence-electron chi connectivity index (χ3n) is 5.85. The van der Waals surface area contributed by atoms with E-state index in [1.165, 1.54) is 0 Å². The normalized spacial score (nSPS) is 13.8. The lowest BCUT2D eigenvalue weighted by Gasteiger charge is -2.36. The van der Waals surface area contributed by atoms with Crippen LogP contribution < -0.4 is 15.3 Å². The minimum atomic E-state index is -2.93. The maximum atomic E-state index is 7.06. The average molecular weight is 497 g/mol. The molecule has 0 spiro atoms. The third kappa shape index (κ3) is 3.49. The van der Waals surface area contributed by atoms with Crippen LogP contribution in [0.1, 0.15) is 0 Å². The van der Waals surface area contributed by atoms with Crippen LogP contribution in [-0.4, -0.2) is 21.6 Å². The molecule has 0 saturated carbocycles.